The number of aliphatic hydroxyl groups excluding tert-OH is 1. The topological polar surface area (TPSA) is 110 Å². The van der Waals surface area contributed by atoms with Crippen molar-refractivity contribution in [3.63, 3.8) is 0 Å². The van der Waals surface area contributed by atoms with Crippen LogP contribution in [-0.2, 0) is 4.74 Å². The molecule has 4 heterocycles. The van der Waals surface area contributed by atoms with Crippen molar-refractivity contribution in [1.29, 1.82) is 5.26 Å². The molecule has 3 aliphatic heterocycles. The van der Waals surface area contributed by atoms with E-state index in [1.54, 1.807) is 6.07 Å². The van der Waals surface area contributed by atoms with Crippen molar-refractivity contribution in [2.24, 2.45) is 11.8 Å². The molecule has 1 spiro atoms. The van der Waals surface area contributed by atoms with Crippen molar-refractivity contribution in [3.05, 3.63) is 28.6 Å². The van der Waals surface area contributed by atoms with Gasteiger partial charge in [0.1, 0.15) is 17.4 Å². The highest BCUT2D eigenvalue weighted by Gasteiger charge is 2.51. The van der Waals surface area contributed by atoms with Gasteiger partial charge < -0.3 is 19.6 Å². The predicted molar refractivity (Wildman–Crippen MR) is 165 cm³/mol. The second-order valence-corrected chi connectivity index (χ2v) is 14.0. The first-order valence-electron chi connectivity index (χ1n) is 16.7. The fourth-order valence-corrected chi connectivity index (χ4v) is 8.24. The minimum absolute atomic E-state index is 0.000564. The molecule has 9 nitrogen and oxygen atoms in total. The third-order valence-electron chi connectivity index (χ3n) is 11.2. The van der Waals surface area contributed by atoms with Gasteiger partial charge in [0.2, 0.25) is 0 Å². The van der Waals surface area contributed by atoms with Crippen LogP contribution in [0.15, 0.2) is 6.07 Å². The Balaban J connectivity index is 1.19. The lowest BCUT2D eigenvalue weighted by atomic mass is 9.74. The summed E-state index contributed by atoms with van der Waals surface area (Å²) in [6, 6.07) is 3.78. The van der Waals surface area contributed by atoms with Gasteiger partial charge in [0.05, 0.1) is 17.4 Å². The van der Waals surface area contributed by atoms with Crippen LogP contribution in [0, 0.1) is 37.0 Å². The van der Waals surface area contributed by atoms with E-state index in [9.17, 15) is 20.0 Å². The van der Waals surface area contributed by atoms with E-state index in [4.69, 9.17) is 4.74 Å². The Bertz CT molecular complexity index is 1180. The molecule has 1 atom stereocenters. The minimum Gasteiger partial charge on any atom is -0.442 e. The summed E-state index contributed by atoms with van der Waals surface area (Å²) in [5.74, 6) is 0.812. The van der Waals surface area contributed by atoms with E-state index < -0.39 is 0 Å². The van der Waals surface area contributed by atoms with Gasteiger partial charge in [-0.05, 0) is 83.3 Å². The number of unbranched alkanes of at least 4 members (excludes halogenated alkanes) is 1. The summed E-state index contributed by atoms with van der Waals surface area (Å²) < 4.78 is 6.44. The van der Waals surface area contributed by atoms with Gasteiger partial charge in [-0.2, -0.15) is 5.26 Å². The van der Waals surface area contributed by atoms with Gasteiger partial charge >= 0.3 is 6.09 Å². The van der Waals surface area contributed by atoms with Crippen molar-refractivity contribution in [3.8, 4) is 6.07 Å². The molecular formula is C34H51N5O4. The van der Waals surface area contributed by atoms with E-state index >= 15 is 0 Å². The number of aliphatic hydroxyl groups is 1. The van der Waals surface area contributed by atoms with Gasteiger partial charge in [0.25, 0.3) is 5.91 Å². The van der Waals surface area contributed by atoms with Crippen molar-refractivity contribution < 1.29 is 19.4 Å². The highest BCUT2D eigenvalue weighted by molar-refractivity contribution is 5.96. The first-order chi connectivity index (χ1) is 20.6. The van der Waals surface area contributed by atoms with Crippen LogP contribution in [0.25, 0.3) is 0 Å². The summed E-state index contributed by atoms with van der Waals surface area (Å²) in [6.45, 7) is 13.0. The normalized spacial score (nSPS) is 27.5. The molecule has 0 aromatic carbocycles. The first-order valence-corrected chi connectivity index (χ1v) is 16.7. The standard InChI is InChI=1S/C34H51N5O4/c1-5-6-7-27-23-38(22-26-8-10-29(40)11-9-26)32(42)43-34(27)14-18-39(19-15-34)33(4)12-16-37(17-13-33)31(41)30-24(2)20-28(21-35)36-25(30)3/h20,26-27,29,40H,5-19,22-23H2,1-4H3. The van der Waals surface area contributed by atoms with Crippen LogP contribution in [0.4, 0.5) is 4.79 Å². The third-order valence-corrected chi connectivity index (χ3v) is 11.2. The predicted octanol–water partition coefficient (Wildman–Crippen LogP) is 5.21. The fourth-order valence-electron chi connectivity index (χ4n) is 8.24. The molecule has 1 unspecified atom stereocenters. The number of rotatable bonds is 7. The van der Waals surface area contributed by atoms with Crippen molar-refractivity contribution >= 4 is 12.0 Å². The van der Waals surface area contributed by atoms with Gasteiger partial charge in [-0.25, -0.2) is 9.78 Å². The number of amides is 2. The SMILES string of the molecule is CCCCC1CN(CC2CCC(O)CC2)C(=O)OC12CCN(C1(C)CCN(C(=O)c3c(C)cc(C#N)nc3C)CC1)CC2. The maximum atomic E-state index is 13.5. The van der Waals surface area contributed by atoms with Crippen LogP contribution < -0.4 is 0 Å². The quantitative estimate of drug-likeness (QED) is 0.462. The Morgan fingerprint density at radius 1 is 1.12 bits per heavy atom. The lowest BCUT2D eigenvalue weighted by Gasteiger charge is -2.55. The van der Waals surface area contributed by atoms with Crippen LogP contribution in [0.2, 0.25) is 0 Å². The Kier molecular flexibility index (Phi) is 9.67. The number of likely N-dealkylation sites (tertiary alicyclic amines) is 2. The van der Waals surface area contributed by atoms with E-state index in [2.05, 4.69) is 29.8 Å². The Labute approximate surface area is 257 Å². The first kappa shape index (κ1) is 31.7. The number of nitriles is 1. The lowest BCUT2D eigenvalue weighted by Crippen LogP contribution is -2.64. The van der Waals surface area contributed by atoms with Crippen molar-refractivity contribution in [1.82, 2.24) is 19.7 Å². The molecule has 0 bridgehead atoms. The maximum Gasteiger partial charge on any atom is 0.410 e. The number of piperidine rings is 2. The molecule has 1 saturated carbocycles. The molecule has 4 aliphatic rings. The molecule has 0 radical (unpaired) electrons. The molecule has 2 amide bonds. The average molecular weight is 594 g/mol. The second-order valence-electron chi connectivity index (χ2n) is 14.0. The molecule has 1 aromatic heterocycles. The molecule has 9 heteroatoms. The van der Waals surface area contributed by atoms with Crippen LogP contribution in [0.5, 0.6) is 0 Å². The maximum absolute atomic E-state index is 13.5. The van der Waals surface area contributed by atoms with Gasteiger partial charge in [-0.1, -0.05) is 19.8 Å². The summed E-state index contributed by atoms with van der Waals surface area (Å²) >= 11 is 0. The van der Waals surface area contributed by atoms with Gasteiger partial charge in [0.15, 0.2) is 0 Å². The van der Waals surface area contributed by atoms with Gasteiger partial charge in [-0.3, -0.25) is 9.69 Å². The fraction of sp³-hybridized carbons (Fsp3) is 0.765. The number of carbonyl (C=O) groups excluding carboxylic acids is 2. The van der Waals surface area contributed by atoms with Gasteiger partial charge in [-0.15, -0.1) is 0 Å². The number of carbonyl (C=O) groups is 2. The van der Waals surface area contributed by atoms with E-state index in [0.29, 0.717) is 41.9 Å². The zero-order valence-corrected chi connectivity index (χ0v) is 26.7. The van der Waals surface area contributed by atoms with Crippen LogP contribution in [0.1, 0.15) is 112 Å². The molecular weight excluding hydrogens is 542 g/mol. The number of nitrogens with zero attached hydrogens (tertiary/aromatic N) is 5. The molecule has 1 N–H and O–H groups in total. The van der Waals surface area contributed by atoms with E-state index in [0.717, 1.165) is 102 Å². The van der Waals surface area contributed by atoms with Crippen LogP contribution in [0.3, 0.4) is 0 Å². The molecule has 3 saturated heterocycles. The zero-order chi connectivity index (χ0) is 30.8. The largest absolute Gasteiger partial charge is 0.442 e. The zero-order valence-electron chi connectivity index (χ0n) is 26.7. The smallest absolute Gasteiger partial charge is 0.410 e. The van der Waals surface area contributed by atoms with Crippen molar-refractivity contribution in [2.45, 2.75) is 116 Å². The van der Waals surface area contributed by atoms with E-state index in [1.165, 1.54) is 0 Å². The average Bonchev–Trinajstić information content (AvgIpc) is 2.99. The number of ether oxygens (including phenoxy) is 1. The number of pyridine rings is 1. The third kappa shape index (κ3) is 6.71. The Morgan fingerprint density at radius 2 is 1.79 bits per heavy atom. The van der Waals surface area contributed by atoms with Crippen LogP contribution in [-0.4, -0.2) is 93.3 Å². The number of hydrogen-bond acceptors (Lipinski definition) is 7. The molecule has 5 rings (SSSR count). The van der Waals surface area contributed by atoms with Crippen LogP contribution >= 0.6 is 0 Å². The van der Waals surface area contributed by atoms with E-state index in [1.807, 2.05) is 23.6 Å². The monoisotopic (exact) mass is 593 g/mol. The van der Waals surface area contributed by atoms with E-state index in [-0.39, 0.29) is 29.2 Å². The summed E-state index contributed by atoms with van der Waals surface area (Å²) in [6.07, 6.45) is 10.2. The second kappa shape index (κ2) is 13.1. The molecule has 43 heavy (non-hydrogen) atoms. The van der Waals surface area contributed by atoms with Crippen molar-refractivity contribution in [2.75, 3.05) is 39.3 Å². The Morgan fingerprint density at radius 3 is 2.40 bits per heavy atom. The highest BCUT2D eigenvalue weighted by Crippen LogP contribution is 2.44. The summed E-state index contributed by atoms with van der Waals surface area (Å²) in [5, 5.41) is 19.1. The molecule has 4 fully saturated rings. The summed E-state index contributed by atoms with van der Waals surface area (Å²) in [4.78, 5) is 37.7. The lowest BCUT2D eigenvalue weighted by molar-refractivity contribution is -0.134. The number of hydrogen-bond donors (Lipinski definition) is 1. The molecule has 1 aromatic rings. The summed E-state index contributed by atoms with van der Waals surface area (Å²) in [7, 11) is 0. The Hall–Kier alpha value is -2.70. The summed E-state index contributed by atoms with van der Waals surface area (Å²) in [5.41, 5.74) is 2.01. The molecule has 1 aliphatic carbocycles. The number of aryl methyl sites for hydroxylation is 2. The minimum atomic E-state index is -0.382. The molecule has 236 valence electrons. The number of aromatic nitrogens is 1. The highest BCUT2D eigenvalue weighted by atomic mass is 16.6. The van der Waals surface area contributed by atoms with Gasteiger partial charge in [0, 0.05) is 63.6 Å².